The van der Waals surface area contributed by atoms with E-state index in [4.69, 9.17) is 10.00 Å². The molecule has 120 valence electrons. The number of carbonyl (C=O) groups is 2. The molecular weight excluding hydrogens is 268 g/mol. The number of hydrogen-bond acceptors (Lipinski definition) is 4. The van der Waals surface area contributed by atoms with E-state index in [1.165, 1.54) is 12.0 Å². The molecule has 0 aromatic rings. The summed E-state index contributed by atoms with van der Waals surface area (Å²) in [6, 6.07) is 1.18. The summed E-state index contributed by atoms with van der Waals surface area (Å²) >= 11 is 0. The summed E-state index contributed by atoms with van der Waals surface area (Å²) in [6.07, 6.45) is 0.515. The van der Waals surface area contributed by atoms with E-state index in [-0.39, 0.29) is 17.7 Å². The average Bonchev–Trinajstić information content (AvgIpc) is 2.30. The van der Waals surface area contributed by atoms with Crippen molar-refractivity contribution in [2.75, 3.05) is 13.7 Å². The molecular formula is C16H28N2O3. The van der Waals surface area contributed by atoms with Gasteiger partial charge in [0.15, 0.2) is 0 Å². The molecule has 0 aromatic heterocycles. The zero-order chi connectivity index (χ0) is 16.8. The van der Waals surface area contributed by atoms with E-state index < -0.39 is 17.4 Å². The van der Waals surface area contributed by atoms with E-state index in [0.717, 1.165) is 6.42 Å². The summed E-state index contributed by atoms with van der Waals surface area (Å²) < 4.78 is 4.86. The zero-order valence-electron chi connectivity index (χ0n) is 14.3. The summed E-state index contributed by atoms with van der Waals surface area (Å²) in [7, 11) is 1.32. The number of nitriles is 1. The van der Waals surface area contributed by atoms with E-state index in [9.17, 15) is 9.59 Å². The maximum Gasteiger partial charge on any atom is 0.329 e. The van der Waals surface area contributed by atoms with Gasteiger partial charge in [0.2, 0.25) is 5.91 Å². The van der Waals surface area contributed by atoms with Gasteiger partial charge in [-0.2, -0.15) is 5.26 Å². The number of rotatable bonds is 5. The molecule has 0 bridgehead atoms. The van der Waals surface area contributed by atoms with Gasteiger partial charge in [0.25, 0.3) is 0 Å². The third-order valence-corrected chi connectivity index (χ3v) is 3.21. The van der Waals surface area contributed by atoms with Crippen molar-refractivity contribution in [1.82, 2.24) is 4.90 Å². The van der Waals surface area contributed by atoms with E-state index in [0.29, 0.717) is 6.54 Å². The number of amides is 1. The van der Waals surface area contributed by atoms with Crippen LogP contribution in [0.3, 0.4) is 0 Å². The van der Waals surface area contributed by atoms with Crippen molar-refractivity contribution >= 4 is 11.9 Å². The lowest BCUT2D eigenvalue weighted by atomic mass is 9.84. The predicted molar refractivity (Wildman–Crippen MR) is 81.3 cm³/mol. The molecule has 0 heterocycles. The maximum absolute atomic E-state index is 12.3. The third-order valence-electron chi connectivity index (χ3n) is 3.21. The lowest BCUT2D eigenvalue weighted by molar-refractivity contribution is -0.157. The highest BCUT2D eigenvalue weighted by Crippen LogP contribution is 2.28. The van der Waals surface area contributed by atoms with Gasteiger partial charge in [-0.25, -0.2) is 4.79 Å². The molecule has 0 spiro atoms. The van der Waals surface area contributed by atoms with Crippen LogP contribution in [0.25, 0.3) is 0 Å². The first-order valence-corrected chi connectivity index (χ1v) is 7.18. The van der Waals surface area contributed by atoms with Crippen LogP contribution in [0, 0.1) is 22.2 Å². The Hall–Kier alpha value is -1.57. The molecule has 0 N–H and O–H groups in total. The summed E-state index contributed by atoms with van der Waals surface area (Å²) in [5.74, 6) is -0.769. The fourth-order valence-electron chi connectivity index (χ4n) is 2.08. The number of methoxy groups -OCH3 is 1. The van der Waals surface area contributed by atoms with Crippen LogP contribution in [-0.2, 0) is 14.3 Å². The van der Waals surface area contributed by atoms with Gasteiger partial charge in [-0.3, -0.25) is 4.79 Å². The van der Waals surface area contributed by atoms with E-state index in [1.807, 2.05) is 26.8 Å². The molecule has 0 aromatic carbocycles. The van der Waals surface area contributed by atoms with Gasteiger partial charge in [0.1, 0.15) is 12.5 Å². The lowest BCUT2D eigenvalue weighted by Crippen LogP contribution is -2.53. The first kappa shape index (κ1) is 19.4. The van der Waals surface area contributed by atoms with Crippen LogP contribution in [-0.4, -0.2) is 36.5 Å². The molecule has 0 saturated carbocycles. The second-order valence-electron chi connectivity index (χ2n) is 7.52. The summed E-state index contributed by atoms with van der Waals surface area (Å²) in [5.41, 5.74) is -0.431. The SMILES string of the molecule is COC(=O)[C@H](N(CCC(C)(C)C)C(=O)CC#N)C(C)(C)C. The van der Waals surface area contributed by atoms with Gasteiger partial charge in [0, 0.05) is 6.54 Å². The van der Waals surface area contributed by atoms with Crippen molar-refractivity contribution in [3.05, 3.63) is 0 Å². The van der Waals surface area contributed by atoms with E-state index in [2.05, 4.69) is 20.8 Å². The Morgan fingerprint density at radius 3 is 2.05 bits per heavy atom. The van der Waals surface area contributed by atoms with Crippen LogP contribution in [0.5, 0.6) is 0 Å². The Morgan fingerprint density at radius 2 is 1.71 bits per heavy atom. The minimum Gasteiger partial charge on any atom is -0.467 e. The number of hydrogen-bond donors (Lipinski definition) is 0. The fourth-order valence-corrected chi connectivity index (χ4v) is 2.08. The molecule has 1 amide bonds. The number of ether oxygens (including phenoxy) is 1. The van der Waals surface area contributed by atoms with Crippen LogP contribution in [0.2, 0.25) is 0 Å². The quantitative estimate of drug-likeness (QED) is 0.731. The number of carbonyl (C=O) groups excluding carboxylic acids is 2. The Bertz CT molecular complexity index is 411. The van der Waals surface area contributed by atoms with E-state index >= 15 is 0 Å². The molecule has 0 unspecified atom stereocenters. The second kappa shape index (κ2) is 7.44. The molecule has 0 fully saturated rings. The highest BCUT2D eigenvalue weighted by Gasteiger charge is 2.39. The van der Waals surface area contributed by atoms with Crippen LogP contribution in [0.4, 0.5) is 0 Å². The first-order valence-electron chi connectivity index (χ1n) is 7.18. The van der Waals surface area contributed by atoms with Crippen LogP contribution in [0.1, 0.15) is 54.4 Å². The molecule has 0 radical (unpaired) electrons. The molecule has 21 heavy (non-hydrogen) atoms. The Morgan fingerprint density at radius 1 is 1.19 bits per heavy atom. The molecule has 5 nitrogen and oxygen atoms in total. The standard InChI is InChI=1S/C16H28N2O3/c1-15(2,3)9-11-18(12(19)8-10-17)13(14(20)21-7)16(4,5)6/h13H,8-9,11H2,1-7H3/t13-/m0/s1. The second-order valence-corrected chi connectivity index (χ2v) is 7.52. The molecule has 0 aliphatic rings. The monoisotopic (exact) mass is 296 g/mol. The van der Waals surface area contributed by atoms with Gasteiger partial charge >= 0.3 is 5.97 Å². The highest BCUT2D eigenvalue weighted by atomic mass is 16.5. The number of esters is 1. The van der Waals surface area contributed by atoms with Crippen molar-refractivity contribution < 1.29 is 14.3 Å². The molecule has 1 atom stereocenters. The average molecular weight is 296 g/mol. The van der Waals surface area contributed by atoms with Gasteiger partial charge in [-0.1, -0.05) is 41.5 Å². The van der Waals surface area contributed by atoms with Crippen molar-refractivity contribution in [2.45, 2.75) is 60.4 Å². The van der Waals surface area contributed by atoms with Crippen molar-refractivity contribution in [2.24, 2.45) is 10.8 Å². The van der Waals surface area contributed by atoms with Gasteiger partial charge < -0.3 is 9.64 Å². The van der Waals surface area contributed by atoms with Crippen molar-refractivity contribution in [3.63, 3.8) is 0 Å². The third kappa shape index (κ3) is 6.61. The predicted octanol–water partition coefficient (Wildman–Crippen LogP) is 2.75. The zero-order valence-corrected chi connectivity index (χ0v) is 14.3. The number of nitrogens with zero attached hydrogens (tertiary/aromatic N) is 2. The largest absolute Gasteiger partial charge is 0.467 e. The van der Waals surface area contributed by atoms with Crippen LogP contribution < -0.4 is 0 Å². The van der Waals surface area contributed by atoms with Crippen molar-refractivity contribution in [3.8, 4) is 6.07 Å². The Kier molecular flexibility index (Phi) is 6.89. The molecule has 0 saturated heterocycles. The Balaban J connectivity index is 5.45. The summed E-state index contributed by atoms with van der Waals surface area (Å²) in [5, 5.41) is 8.78. The van der Waals surface area contributed by atoms with Crippen molar-refractivity contribution in [1.29, 1.82) is 5.26 Å². The van der Waals surface area contributed by atoms with Crippen LogP contribution in [0.15, 0.2) is 0 Å². The van der Waals surface area contributed by atoms with E-state index in [1.54, 1.807) is 0 Å². The Labute approximate surface area is 128 Å². The maximum atomic E-state index is 12.3. The van der Waals surface area contributed by atoms with Gasteiger partial charge in [-0.05, 0) is 17.3 Å². The summed E-state index contributed by atoms with van der Waals surface area (Å²) in [4.78, 5) is 25.9. The molecule has 0 rings (SSSR count). The summed E-state index contributed by atoms with van der Waals surface area (Å²) in [6.45, 7) is 12.3. The van der Waals surface area contributed by atoms with Gasteiger partial charge in [0.05, 0.1) is 13.2 Å². The topological polar surface area (TPSA) is 70.4 Å². The van der Waals surface area contributed by atoms with Crippen LogP contribution >= 0.6 is 0 Å². The molecule has 5 heteroatoms. The normalized spacial score (nSPS) is 13.2. The fraction of sp³-hybridized carbons (Fsp3) is 0.812. The lowest BCUT2D eigenvalue weighted by Gasteiger charge is -2.39. The highest BCUT2D eigenvalue weighted by molar-refractivity contribution is 5.86. The minimum absolute atomic E-state index is 0.0315. The minimum atomic E-state index is -0.689. The smallest absolute Gasteiger partial charge is 0.329 e. The molecule has 0 aliphatic heterocycles. The first-order chi connectivity index (χ1) is 9.44. The molecule has 0 aliphatic carbocycles. The van der Waals surface area contributed by atoms with Gasteiger partial charge in [-0.15, -0.1) is 0 Å².